The Balaban J connectivity index is 1.40. The number of carbonyl (C=O) groups excluding carboxylic acids is 2. The molecule has 0 atom stereocenters. The van der Waals surface area contributed by atoms with E-state index in [1.165, 1.54) is 23.2 Å². The Morgan fingerprint density at radius 2 is 1.56 bits per heavy atom. The normalized spacial score (nSPS) is 14.1. The number of hydrogen-bond acceptors (Lipinski definition) is 4. The number of rotatable bonds is 10. The number of anilines is 1. The van der Waals surface area contributed by atoms with E-state index in [1.54, 1.807) is 0 Å². The van der Waals surface area contributed by atoms with Gasteiger partial charge in [-0.2, -0.15) is 0 Å². The number of ketones is 1. The monoisotopic (exact) mass is 435 g/mol. The van der Waals surface area contributed by atoms with Gasteiger partial charge in [-0.1, -0.05) is 42.5 Å². The summed E-state index contributed by atoms with van der Waals surface area (Å²) in [6, 6.07) is 16.3. The first-order chi connectivity index (χ1) is 15.4. The molecule has 5 heteroatoms. The van der Waals surface area contributed by atoms with Gasteiger partial charge in [0.2, 0.25) is 5.91 Å². The van der Waals surface area contributed by atoms with Gasteiger partial charge in [0.25, 0.3) is 0 Å². The van der Waals surface area contributed by atoms with Crippen LogP contribution < -0.4 is 4.90 Å². The van der Waals surface area contributed by atoms with E-state index in [4.69, 9.17) is 0 Å². The Morgan fingerprint density at radius 1 is 0.875 bits per heavy atom. The van der Waals surface area contributed by atoms with Crippen LogP contribution in [0, 0.1) is 6.92 Å². The molecule has 0 unspecified atom stereocenters. The molecule has 0 aliphatic carbocycles. The van der Waals surface area contributed by atoms with Crippen molar-refractivity contribution in [3.63, 3.8) is 0 Å². The predicted octanol–water partition coefficient (Wildman–Crippen LogP) is 4.19. The molecule has 0 aromatic heterocycles. The zero-order valence-corrected chi connectivity index (χ0v) is 19.8. The number of benzene rings is 2. The molecular weight excluding hydrogens is 398 g/mol. The van der Waals surface area contributed by atoms with E-state index in [1.807, 2.05) is 17.0 Å². The molecular formula is C27H37N3O2. The molecule has 5 nitrogen and oxygen atoms in total. The molecule has 3 rings (SSSR count). The van der Waals surface area contributed by atoms with Crippen molar-refractivity contribution < 1.29 is 9.59 Å². The molecule has 0 N–H and O–H groups in total. The van der Waals surface area contributed by atoms with Crippen molar-refractivity contribution in [2.24, 2.45) is 0 Å². The molecule has 1 aliphatic heterocycles. The maximum atomic E-state index is 12.6. The lowest BCUT2D eigenvalue weighted by Gasteiger charge is -2.36. The number of carbonyl (C=O) groups is 2. The molecule has 32 heavy (non-hydrogen) atoms. The third-order valence-electron chi connectivity index (χ3n) is 6.25. The van der Waals surface area contributed by atoms with Crippen LogP contribution in [-0.4, -0.2) is 68.3 Å². The Labute approximate surface area is 193 Å². The highest BCUT2D eigenvalue weighted by Crippen LogP contribution is 2.21. The van der Waals surface area contributed by atoms with Gasteiger partial charge in [-0.3, -0.25) is 9.59 Å². The minimum atomic E-state index is 0.0519. The minimum absolute atomic E-state index is 0.0519. The highest BCUT2D eigenvalue weighted by molar-refractivity contribution is 5.98. The Kier molecular flexibility index (Phi) is 8.86. The molecule has 1 heterocycles. The van der Waals surface area contributed by atoms with Gasteiger partial charge in [0, 0.05) is 50.3 Å². The van der Waals surface area contributed by atoms with Crippen LogP contribution in [0.4, 0.5) is 5.69 Å². The fraction of sp³-hybridized carbons (Fsp3) is 0.481. The number of para-hydroxylation sites is 1. The van der Waals surface area contributed by atoms with E-state index in [0.29, 0.717) is 18.7 Å². The highest BCUT2D eigenvalue weighted by atomic mass is 16.2. The average Bonchev–Trinajstić information content (AvgIpc) is 2.81. The number of piperazine rings is 1. The van der Waals surface area contributed by atoms with E-state index < -0.39 is 0 Å². The summed E-state index contributed by atoms with van der Waals surface area (Å²) < 4.78 is 0. The van der Waals surface area contributed by atoms with Crippen LogP contribution in [0.2, 0.25) is 0 Å². The van der Waals surface area contributed by atoms with E-state index in [0.717, 1.165) is 32.5 Å². The number of Topliss-reactive ketones (excluding diaryl/α,β-unsaturated/α-hetero) is 1. The summed E-state index contributed by atoms with van der Waals surface area (Å²) in [5.74, 6) is 0.136. The molecule has 2 aromatic carbocycles. The van der Waals surface area contributed by atoms with Gasteiger partial charge in [-0.25, -0.2) is 0 Å². The van der Waals surface area contributed by atoms with Gasteiger partial charge >= 0.3 is 0 Å². The van der Waals surface area contributed by atoms with Crippen LogP contribution in [0.25, 0.3) is 0 Å². The number of amides is 1. The maximum absolute atomic E-state index is 12.6. The van der Waals surface area contributed by atoms with Crippen LogP contribution in [-0.2, 0) is 11.2 Å². The molecule has 1 saturated heterocycles. The molecule has 0 spiro atoms. The molecule has 2 aromatic rings. The van der Waals surface area contributed by atoms with Crippen LogP contribution in [0.1, 0.15) is 47.2 Å². The summed E-state index contributed by atoms with van der Waals surface area (Å²) in [7, 11) is 4.19. The highest BCUT2D eigenvalue weighted by Gasteiger charge is 2.22. The zero-order chi connectivity index (χ0) is 22.9. The lowest BCUT2D eigenvalue weighted by Crippen LogP contribution is -2.49. The van der Waals surface area contributed by atoms with E-state index >= 15 is 0 Å². The largest absolute Gasteiger partial charge is 0.368 e. The zero-order valence-electron chi connectivity index (χ0n) is 19.8. The molecule has 0 radical (unpaired) electrons. The summed E-state index contributed by atoms with van der Waals surface area (Å²) in [5, 5.41) is 0. The SMILES string of the molecule is Cc1ccccc1N1CCN(C(=O)CCC(=O)c2ccc(CCCCN(C)C)cc2)CC1. The van der Waals surface area contributed by atoms with Gasteiger partial charge in [0.05, 0.1) is 0 Å². The second-order valence-electron chi connectivity index (χ2n) is 9.03. The van der Waals surface area contributed by atoms with Crippen molar-refractivity contribution in [2.75, 3.05) is 51.7 Å². The third-order valence-corrected chi connectivity index (χ3v) is 6.25. The lowest BCUT2D eigenvalue weighted by molar-refractivity contribution is -0.131. The van der Waals surface area contributed by atoms with Crippen molar-refractivity contribution in [3.8, 4) is 0 Å². The van der Waals surface area contributed by atoms with Crippen LogP contribution in [0.15, 0.2) is 48.5 Å². The van der Waals surface area contributed by atoms with Gasteiger partial charge < -0.3 is 14.7 Å². The number of unbranched alkanes of at least 4 members (excludes halogenated alkanes) is 1. The maximum Gasteiger partial charge on any atom is 0.223 e. The van der Waals surface area contributed by atoms with Crippen LogP contribution in [0.3, 0.4) is 0 Å². The van der Waals surface area contributed by atoms with Crippen molar-refractivity contribution in [3.05, 3.63) is 65.2 Å². The van der Waals surface area contributed by atoms with Crippen molar-refractivity contribution in [2.45, 2.75) is 39.0 Å². The third kappa shape index (κ3) is 6.92. The van der Waals surface area contributed by atoms with Gasteiger partial charge in [0.15, 0.2) is 5.78 Å². The topological polar surface area (TPSA) is 43.9 Å². The summed E-state index contributed by atoms with van der Waals surface area (Å²) in [5.41, 5.74) is 4.48. The second-order valence-corrected chi connectivity index (χ2v) is 9.03. The second kappa shape index (κ2) is 11.8. The van der Waals surface area contributed by atoms with Crippen molar-refractivity contribution in [1.29, 1.82) is 0 Å². The summed E-state index contributed by atoms with van der Waals surface area (Å²) in [4.78, 5) is 31.7. The molecule has 0 saturated carbocycles. The fourth-order valence-electron chi connectivity index (χ4n) is 4.25. The number of nitrogens with zero attached hydrogens (tertiary/aromatic N) is 3. The number of hydrogen-bond donors (Lipinski definition) is 0. The predicted molar refractivity (Wildman–Crippen MR) is 131 cm³/mol. The summed E-state index contributed by atoms with van der Waals surface area (Å²) in [6.07, 6.45) is 3.93. The first-order valence-corrected chi connectivity index (χ1v) is 11.8. The number of aryl methyl sites for hydroxylation is 2. The van der Waals surface area contributed by atoms with E-state index in [9.17, 15) is 9.59 Å². The Morgan fingerprint density at radius 3 is 2.22 bits per heavy atom. The average molecular weight is 436 g/mol. The molecule has 172 valence electrons. The lowest BCUT2D eigenvalue weighted by atomic mass is 10.0. The van der Waals surface area contributed by atoms with Gasteiger partial charge in [-0.15, -0.1) is 0 Å². The standard InChI is InChI=1S/C27H37N3O2/c1-22-8-4-5-10-25(22)29-18-20-30(21-19-29)27(32)16-15-26(31)24-13-11-23(12-14-24)9-6-7-17-28(2)3/h4-5,8,10-14H,6-7,9,15-21H2,1-3H3. The van der Waals surface area contributed by atoms with Gasteiger partial charge in [0.1, 0.15) is 0 Å². The fourth-order valence-corrected chi connectivity index (χ4v) is 4.25. The molecule has 1 aliphatic rings. The van der Waals surface area contributed by atoms with Crippen molar-refractivity contribution in [1.82, 2.24) is 9.80 Å². The molecule has 1 amide bonds. The van der Waals surface area contributed by atoms with Crippen molar-refractivity contribution >= 4 is 17.4 Å². The Hall–Kier alpha value is -2.66. The smallest absolute Gasteiger partial charge is 0.223 e. The van der Waals surface area contributed by atoms with E-state index in [2.05, 4.69) is 67.2 Å². The van der Waals surface area contributed by atoms with Gasteiger partial charge in [-0.05, 0) is 64.0 Å². The van der Waals surface area contributed by atoms with E-state index in [-0.39, 0.29) is 24.5 Å². The Bertz CT molecular complexity index is 884. The molecule has 0 bridgehead atoms. The minimum Gasteiger partial charge on any atom is -0.368 e. The first kappa shape index (κ1) is 24.0. The van der Waals surface area contributed by atoms with Crippen LogP contribution >= 0.6 is 0 Å². The molecule has 1 fully saturated rings. The first-order valence-electron chi connectivity index (χ1n) is 11.8. The van der Waals surface area contributed by atoms with Crippen LogP contribution in [0.5, 0.6) is 0 Å². The quantitative estimate of drug-likeness (QED) is 0.415. The summed E-state index contributed by atoms with van der Waals surface area (Å²) >= 11 is 0. The summed E-state index contributed by atoms with van der Waals surface area (Å²) in [6.45, 7) is 6.32.